The van der Waals surface area contributed by atoms with Gasteiger partial charge < -0.3 is 9.22 Å². The summed E-state index contributed by atoms with van der Waals surface area (Å²) in [4.78, 5) is 9.81. The predicted molar refractivity (Wildman–Crippen MR) is 53.2 cm³/mol. The number of hydrogen-bond acceptors (Lipinski definition) is 2. The van der Waals surface area contributed by atoms with Gasteiger partial charge in [-0.3, -0.25) is 0 Å². The largest absolute Gasteiger partial charge is 0.371 e. The van der Waals surface area contributed by atoms with Crippen molar-refractivity contribution in [1.29, 1.82) is 0 Å². The van der Waals surface area contributed by atoms with Gasteiger partial charge in [-0.15, -0.1) is 0 Å². The smallest absolute Gasteiger partial charge is 0.122 e. The average molecular weight is 186 g/mol. The fourth-order valence-corrected chi connectivity index (χ4v) is 1.00. The van der Waals surface area contributed by atoms with E-state index in [-0.39, 0.29) is 0 Å². The lowest BCUT2D eigenvalue weighted by Gasteiger charge is -2.31. The maximum Gasteiger partial charge on any atom is 0.122 e. The molecule has 0 saturated heterocycles. The van der Waals surface area contributed by atoms with E-state index in [9.17, 15) is 4.79 Å². The van der Waals surface area contributed by atoms with Crippen molar-refractivity contribution in [3.63, 3.8) is 0 Å². The first-order valence-electron chi connectivity index (χ1n) is 4.79. The standard InChI is InChI=1S/C10H20NO2/c1-4-11(3,5-2)7-10-13-9-6-8-12/h6H,4-5,7,9-10H2,1-3H3/q+1. The molecule has 3 heteroatoms. The van der Waals surface area contributed by atoms with Gasteiger partial charge in [0, 0.05) is 6.08 Å². The lowest BCUT2D eigenvalue weighted by atomic mass is 10.4. The molecule has 0 aromatic rings. The summed E-state index contributed by atoms with van der Waals surface area (Å²) in [5.41, 5.74) is 0. The molecule has 0 bridgehead atoms. The Kier molecular flexibility index (Phi) is 6.51. The number of likely N-dealkylation sites (N-methyl/N-ethyl adjacent to an activating group) is 1. The Morgan fingerprint density at radius 2 is 2.00 bits per heavy atom. The van der Waals surface area contributed by atoms with Crippen molar-refractivity contribution in [2.45, 2.75) is 13.8 Å². The number of rotatable bonds is 7. The highest BCUT2D eigenvalue weighted by Crippen LogP contribution is 1.99. The van der Waals surface area contributed by atoms with Gasteiger partial charge in [-0.2, -0.15) is 0 Å². The first-order chi connectivity index (χ1) is 6.18. The summed E-state index contributed by atoms with van der Waals surface area (Å²) < 4.78 is 6.26. The molecule has 0 aliphatic heterocycles. The van der Waals surface area contributed by atoms with Crippen molar-refractivity contribution in [3.8, 4) is 0 Å². The topological polar surface area (TPSA) is 26.3 Å². The first kappa shape index (κ1) is 12.4. The molecule has 0 radical (unpaired) electrons. The van der Waals surface area contributed by atoms with Crippen LogP contribution in [0.2, 0.25) is 0 Å². The van der Waals surface area contributed by atoms with Crippen molar-refractivity contribution >= 4 is 5.94 Å². The Morgan fingerprint density at radius 3 is 2.46 bits per heavy atom. The summed E-state index contributed by atoms with van der Waals surface area (Å²) in [6, 6.07) is 0. The van der Waals surface area contributed by atoms with Crippen LogP contribution in [-0.4, -0.2) is 50.3 Å². The molecule has 0 unspecified atom stereocenters. The first-order valence-corrected chi connectivity index (χ1v) is 4.79. The molecule has 0 fully saturated rings. The highest BCUT2D eigenvalue weighted by molar-refractivity contribution is 5.44. The molecule has 76 valence electrons. The van der Waals surface area contributed by atoms with Crippen LogP contribution in [0.3, 0.4) is 0 Å². The van der Waals surface area contributed by atoms with Gasteiger partial charge in [-0.05, 0) is 13.8 Å². The normalized spacial score (nSPS) is 11.0. The van der Waals surface area contributed by atoms with E-state index in [2.05, 4.69) is 20.9 Å². The quantitative estimate of drug-likeness (QED) is 0.335. The Labute approximate surface area is 80.6 Å². The number of ether oxygens (including phenoxy) is 1. The van der Waals surface area contributed by atoms with Crippen molar-refractivity contribution < 1.29 is 14.0 Å². The van der Waals surface area contributed by atoms with Crippen LogP contribution in [0.25, 0.3) is 0 Å². The molecule has 0 aromatic carbocycles. The fraction of sp³-hybridized carbons (Fsp3) is 0.800. The minimum absolute atomic E-state index is 0.386. The molecule has 0 saturated carbocycles. The Bertz CT molecular complexity index is 170. The van der Waals surface area contributed by atoms with Gasteiger partial charge in [0.15, 0.2) is 0 Å². The van der Waals surface area contributed by atoms with E-state index in [0.29, 0.717) is 13.2 Å². The minimum Gasteiger partial charge on any atom is -0.371 e. The van der Waals surface area contributed by atoms with Crippen molar-refractivity contribution in [2.24, 2.45) is 0 Å². The van der Waals surface area contributed by atoms with Crippen LogP contribution in [0.4, 0.5) is 0 Å². The Morgan fingerprint density at radius 1 is 1.38 bits per heavy atom. The molecule has 3 nitrogen and oxygen atoms in total. The zero-order chi connectivity index (χ0) is 10.2. The van der Waals surface area contributed by atoms with Crippen LogP contribution >= 0.6 is 0 Å². The molecule has 0 atom stereocenters. The molecule has 0 N–H and O–H groups in total. The van der Waals surface area contributed by atoms with Crippen LogP contribution in [0.15, 0.2) is 6.08 Å². The molecule has 0 spiro atoms. The summed E-state index contributed by atoms with van der Waals surface area (Å²) in [6.45, 7) is 8.67. The second-order valence-corrected chi connectivity index (χ2v) is 3.37. The van der Waals surface area contributed by atoms with E-state index < -0.39 is 0 Å². The van der Waals surface area contributed by atoms with Crippen molar-refractivity contribution in [3.05, 3.63) is 6.08 Å². The van der Waals surface area contributed by atoms with Crippen molar-refractivity contribution in [2.75, 3.05) is 39.9 Å². The highest BCUT2D eigenvalue weighted by Gasteiger charge is 2.14. The van der Waals surface area contributed by atoms with Gasteiger partial charge in [0.1, 0.15) is 12.5 Å². The number of carbonyl (C=O) groups excluding carboxylic acids is 1. The van der Waals surface area contributed by atoms with Crippen LogP contribution in [-0.2, 0) is 9.53 Å². The van der Waals surface area contributed by atoms with Gasteiger partial charge in [0.25, 0.3) is 0 Å². The van der Waals surface area contributed by atoms with Gasteiger partial charge in [0.2, 0.25) is 0 Å². The third-order valence-electron chi connectivity index (χ3n) is 2.59. The fourth-order valence-electron chi connectivity index (χ4n) is 1.00. The zero-order valence-corrected chi connectivity index (χ0v) is 8.88. The van der Waals surface area contributed by atoms with Crippen LogP contribution in [0.5, 0.6) is 0 Å². The molecular formula is C10H20NO2+. The minimum atomic E-state index is 0.386. The molecule has 0 aliphatic rings. The summed E-state index contributed by atoms with van der Waals surface area (Å²) >= 11 is 0. The molecule has 0 aliphatic carbocycles. The monoisotopic (exact) mass is 186 g/mol. The van der Waals surface area contributed by atoms with Gasteiger partial charge in [-0.1, -0.05) is 0 Å². The Balaban J connectivity index is 3.55. The maximum absolute atomic E-state index is 9.81. The number of nitrogens with zero attached hydrogens (tertiary/aromatic N) is 1. The van der Waals surface area contributed by atoms with Gasteiger partial charge in [0.05, 0.1) is 33.4 Å². The highest BCUT2D eigenvalue weighted by atomic mass is 16.5. The second-order valence-electron chi connectivity index (χ2n) is 3.37. The van der Waals surface area contributed by atoms with E-state index >= 15 is 0 Å². The number of quaternary nitrogens is 1. The van der Waals surface area contributed by atoms with E-state index in [0.717, 1.165) is 24.1 Å². The van der Waals surface area contributed by atoms with Crippen LogP contribution in [0, 0.1) is 0 Å². The van der Waals surface area contributed by atoms with Crippen LogP contribution in [0.1, 0.15) is 13.8 Å². The number of hydrogen-bond donors (Lipinski definition) is 0. The summed E-state index contributed by atoms with van der Waals surface area (Å²) in [5, 5.41) is 0. The summed E-state index contributed by atoms with van der Waals surface area (Å²) in [7, 11) is 2.21. The van der Waals surface area contributed by atoms with Crippen LogP contribution < -0.4 is 0 Å². The van der Waals surface area contributed by atoms with Crippen molar-refractivity contribution in [1.82, 2.24) is 0 Å². The molecular weight excluding hydrogens is 166 g/mol. The molecule has 0 aromatic heterocycles. The molecule has 0 amide bonds. The van der Waals surface area contributed by atoms with E-state index in [1.807, 2.05) is 0 Å². The third kappa shape index (κ3) is 5.58. The molecule has 0 heterocycles. The van der Waals surface area contributed by atoms with E-state index in [1.54, 1.807) is 5.94 Å². The molecule has 0 rings (SSSR count). The summed E-state index contributed by atoms with van der Waals surface area (Å²) in [5.74, 6) is 1.69. The zero-order valence-electron chi connectivity index (χ0n) is 8.88. The maximum atomic E-state index is 9.81. The lowest BCUT2D eigenvalue weighted by Crippen LogP contribution is -2.45. The molecule has 13 heavy (non-hydrogen) atoms. The van der Waals surface area contributed by atoms with Gasteiger partial charge in [-0.25, -0.2) is 4.79 Å². The second kappa shape index (κ2) is 6.84. The lowest BCUT2D eigenvalue weighted by molar-refractivity contribution is -0.906. The average Bonchev–Trinajstić information content (AvgIpc) is 2.17. The Hall–Kier alpha value is -0.630. The SMILES string of the molecule is CC[N+](C)(CC)CCOCC=C=O. The predicted octanol–water partition coefficient (Wildman–Crippen LogP) is 0.877. The third-order valence-corrected chi connectivity index (χ3v) is 2.59. The van der Waals surface area contributed by atoms with E-state index in [1.165, 1.54) is 6.08 Å². The summed E-state index contributed by atoms with van der Waals surface area (Å²) in [6.07, 6.45) is 1.36. The van der Waals surface area contributed by atoms with E-state index in [4.69, 9.17) is 4.74 Å². The van der Waals surface area contributed by atoms with Gasteiger partial charge >= 0.3 is 0 Å².